The first kappa shape index (κ1) is 13.7. The first-order valence-corrected chi connectivity index (χ1v) is 8.33. The van der Waals surface area contributed by atoms with Crippen LogP contribution in [-0.4, -0.2) is 27.0 Å². The molecule has 0 aliphatic rings. The van der Waals surface area contributed by atoms with Gasteiger partial charge in [-0.15, -0.1) is 11.3 Å². The fourth-order valence-electron chi connectivity index (χ4n) is 1.56. The van der Waals surface area contributed by atoms with Crippen molar-refractivity contribution in [3.8, 4) is 0 Å². The fourth-order valence-corrected chi connectivity index (χ4v) is 3.60. The smallest absolute Gasteiger partial charge is 0.149 e. The maximum Gasteiger partial charge on any atom is 0.149 e. The Kier molecular flexibility index (Phi) is 4.95. The molecule has 0 saturated carbocycles. The summed E-state index contributed by atoms with van der Waals surface area (Å²) in [5.74, 6) is 0.171. The van der Waals surface area contributed by atoms with Crippen molar-refractivity contribution >= 4 is 21.2 Å². The highest BCUT2D eigenvalue weighted by Crippen LogP contribution is 2.24. The zero-order valence-corrected chi connectivity index (χ0v) is 11.6. The van der Waals surface area contributed by atoms with Crippen LogP contribution in [0.5, 0.6) is 0 Å². The molecule has 3 nitrogen and oxygen atoms in total. The van der Waals surface area contributed by atoms with Crippen LogP contribution in [0.2, 0.25) is 0 Å². The first-order chi connectivity index (χ1) is 7.46. The maximum atomic E-state index is 11.3. The lowest BCUT2D eigenvalue weighted by molar-refractivity contribution is 0.567. The Hall–Kier alpha value is -0.390. The molecule has 0 aliphatic carbocycles. The summed E-state index contributed by atoms with van der Waals surface area (Å²) in [6.07, 6.45) is 2.29. The molecule has 0 fully saturated rings. The second-order valence-electron chi connectivity index (χ2n) is 3.86. The van der Waals surface area contributed by atoms with Gasteiger partial charge in [-0.25, -0.2) is 8.42 Å². The van der Waals surface area contributed by atoms with Gasteiger partial charge in [0.05, 0.1) is 11.8 Å². The number of hydrogen-bond acceptors (Lipinski definition) is 4. The fraction of sp³-hybridized carbons (Fsp3) is 0.636. The molecule has 0 aliphatic heterocycles. The molecular weight excluding hydrogens is 242 g/mol. The molecule has 0 aromatic carbocycles. The van der Waals surface area contributed by atoms with Crippen molar-refractivity contribution in [1.82, 2.24) is 5.32 Å². The van der Waals surface area contributed by atoms with Crippen molar-refractivity contribution in [2.75, 3.05) is 18.6 Å². The molecule has 1 atom stereocenters. The summed E-state index contributed by atoms with van der Waals surface area (Å²) >= 11 is 1.69. The minimum atomic E-state index is -2.95. The van der Waals surface area contributed by atoms with Gasteiger partial charge in [0.15, 0.2) is 0 Å². The lowest BCUT2D eigenvalue weighted by Gasteiger charge is -2.14. The second kappa shape index (κ2) is 5.80. The largest absolute Gasteiger partial charge is 0.309 e. The summed E-state index contributed by atoms with van der Waals surface area (Å²) in [7, 11) is -2.95. The minimum Gasteiger partial charge on any atom is -0.309 e. The minimum absolute atomic E-state index is 0.0645. The molecule has 0 bridgehead atoms. The zero-order valence-electron chi connectivity index (χ0n) is 9.99. The molecule has 92 valence electrons. The average molecular weight is 261 g/mol. The van der Waals surface area contributed by atoms with Crippen LogP contribution < -0.4 is 5.32 Å². The van der Waals surface area contributed by atoms with Gasteiger partial charge >= 0.3 is 0 Å². The van der Waals surface area contributed by atoms with Gasteiger partial charge in [0.1, 0.15) is 9.84 Å². The van der Waals surface area contributed by atoms with E-state index >= 15 is 0 Å². The van der Waals surface area contributed by atoms with Gasteiger partial charge in [-0.3, -0.25) is 0 Å². The molecule has 1 N–H and O–H groups in total. The van der Waals surface area contributed by atoms with Gasteiger partial charge in [0, 0.05) is 16.0 Å². The monoisotopic (exact) mass is 261 g/mol. The third kappa shape index (κ3) is 4.23. The van der Waals surface area contributed by atoms with E-state index in [0.717, 1.165) is 17.8 Å². The highest BCUT2D eigenvalue weighted by atomic mass is 32.2. The molecule has 16 heavy (non-hydrogen) atoms. The molecular formula is C11H19NO2S2. The molecule has 1 heterocycles. The molecule has 5 heteroatoms. The quantitative estimate of drug-likeness (QED) is 0.852. The number of sulfone groups is 1. The molecule has 0 amide bonds. The van der Waals surface area contributed by atoms with Gasteiger partial charge in [0.2, 0.25) is 0 Å². The lowest BCUT2D eigenvalue weighted by atomic mass is 10.2. The maximum absolute atomic E-state index is 11.3. The summed E-state index contributed by atoms with van der Waals surface area (Å²) in [4.78, 5) is 2.41. The molecule has 0 saturated heterocycles. The third-order valence-electron chi connectivity index (χ3n) is 2.29. The van der Waals surface area contributed by atoms with E-state index in [1.54, 1.807) is 11.3 Å². The van der Waals surface area contributed by atoms with Crippen LogP contribution in [-0.2, 0) is 16.3 Å². The highest BCUT2D eigenvalue weighted by molar-refractivity contribution is 7.90. The van der Waals surface area contributed by atoms with Crippen LogP contribution in [0.25, 0.3) is 0 Å². The number of thiophene rings is 1. The number of nitrogens with one attached hydrogen (secondary N) is 1. The Labute approximate surface area is 102 Å². The number of hydrogen-bond donors (Lipinski definition) is 1. The predicted octanol–water partition coefficient (Wildman–Crippen LogP) is 2.01. The van der Waals surface area contributed by atoms with Gasteiger partial charge in [-0.1, -0.05) is 13.8 Å². The first-order valence-electron chi connectivity index (χ1n) is 5.46. The van der Waals surface area contributed by atoms with Gasteiger partial charge in [-0.2, -0.15) is 0 Å². The van der Waals surface area contributed by atoms with Gasteiger partial charge in [0.25, 0.3) is 0 Å². The van der Waals surface area contributed by atoms with Crippen molar-refractivity contribution in [2.24, 2.45) is 0 Å². The van der Waals surface area contributed by atoms with E-state index in [2.05, 4.69) is 18.3 Å². The van der Waals surface area contributed by atoms with Crippen LogP contribution in [0.4, 0.5) is 0 Å². The SMILES string of the molecule is CCNC(CS(C)(=O)=O)c1ccc(CC)s1. The van der Waals surface area contributed by atoms with E-state index < -0.39 is 9.84 Å². The molecule has 0 radical (unpaired) electrons. The van der Waals surface area contributed by atoms with Gasteiger partial charge < -0.3 is 5.32 Å². The molecule has 1 aromatic heterocycles. The highest BCUT2D eigenvalue weighted by Gasteiger charge is 2.17. The van der Waals surface area contributed by atoms with E-state index in [9.17, 15) is 8.42 Å². The Balaban J connectivity index is 2.84. The number of aryl methyl sites for hydroxylation is 1. The van der Waals surface area contributed by atoms with Gasteiger partial charge in [-0.05, 0) is 25.1 Å². The lowest BCUT2D eigenvalue weighted by Crippen LogP contribution is -2.26. The standard InChI is InChI=1S/C11H19NO2S2/c1-4-9-6-7-11(15-9)10(12-5-2)8-16(3,13)14/h6-7,10,12H,4-5,8H2,1-3H3. The molecule has 0 spiro atoms. The Morgan fingerprint density at radius 3 is 2.50 bits per heavy atom. The predicted molar refractivity (Wildman–Crippen MR) is 69.8 cm³/mol. The van der Waals surface area contributed by atoms with E-state index in [-0.39, 0.29) is 11.8 Å². The third-order valence-corrected chi connectivity index (χ3v) is 4.58. The molecule has 1 unspecified atom stereocenters. The zero-order chi connectivity index (χ0) is 12.2. The van der Waals surface area contributed by atoms with Crippen LogP contribution in [0.1, 0.15) is 29.6 Å². The van der Waals surface area contributed by atoms with Crippen LogP contribution in [0.3, 0.4) is 0 Å². The summed E-state index contributed by atoms with van der Waals surface area (Å²) in [6.45, 7) is 4.87. The summed E-state index contributed by atoms with van der Waals surface area (Å²) in [5.41, 5.74) is 0. The van der Waals surface area contributed by atoms with E-state index in [0.29, 0.717) is 0 Å². The van der Waals surface area contributed by atoms with E-state index in [1.807, 2.05) is 13.0 Å². The Morgan fingerprint density at radius 1 is 1.38 bits per heavy atom. The average Bonchev–Trinajstić information content (AvgIpc) is 2.63. The van der Waals surface area contributed by atoms with Crippen molar-refractivity contribution in [3.63, 3.8) is 0 Å². The normalized spacial score (nSPS) is 13.9. The van der Waals surface area contributed by atoms with E-state index in [1.165, 1.54) is 11.1 Å². The molecule has 1 rings (SSSR count). The van der Waals surface area contributed by atoms with Crippen molar-refractivity contribution in [2.45, 2.75) is 26.3 Å². The van der Waals surface area contributed by atoms with Crippen molar-refractivity contribution in [3.05, 3.63) is 21.9 Å². The Morgan fingerprint density at radius 2 is 2.06 bits per heavy atom. The van der Waals surface area contributed by atoms with E-state index in [4.69, 9.17) is 0 Å². The van der Waals surface area contributed by atoms with Crippen LogP contribution in [0.15, 0.2) is 12.1 Å². The summed E-state index contributed by atoms with van der Waals surface area (Å²) in [5, 5.41) is 3.22. The van der Waals surface area contributed by atoms with Crippen molar-refractivity contribution in [1.29, 1.82) is 0 Å². The summed E-state index contributed by atoms with van der Waals surface area (Å²) in [6, 6.07) is 4.04. The Bertz CT molecular complexity index is 423. The topological polar surface area (TPSA) is 46.2 Å². The second-order valence-corrected chi connectivity index (χ2v) is 7.25. The summed E-state index contributed by atoms with van der Waals surface area (Å²) < 4.78 is 22.7. The van der Waals surface area contributed by atoms with Crippen LogP contribution in [0, 0.1) is 0 Å². The molecule has 1 aromatic rings. The van der Waals surface area contributed by atoms with Crippen LogP contribution >= 0.6 is 11.3 Å². The van der Waals surface area contributed by atoms with Crippen molar-refractivity contribution < 1.29 is 8.42 Å². The number of rotatable bonds is 6.